The number of unbranched alkanes of at least 4 members (excludes halogenated alkanes) is 23. The van der Waals surface area contributed by atoms with Crippen LogP contribution in [0.25, 0.3) is 0 Å². The summed E-state index contributed by atoms with van der Waals surface area (Å²) in [4.78, 5) is 24.3. The van der Waals surface area contributed by atoms with Crippen molar-refractivity contribution in [3.05, 3.63) is 36.5 Å². The van der Waals surface area contributed by atoms with E-state index in [1.165, 1.54) is 116 Å². The van der Waals surface area contributed by atoms with E-state index in [0.717, 1.165) is 64.2 Å². The number of rotatable bonds is 37. The SMILES string of the molecule is CCC=CCC=CCC=CCCCCCCCC(=O)OCC(CO)OC(=O)CCCCCCCCCCCCCCCCCCCCC. The summed E-state index contributed by atoms with van der Waals surface area (Å²) < 4.78 is 10.6. The average molecular weight is 675 g/mol. The van der Waals surface area contributed by atoms with E-state index in [1.807, 2.05) is 0 Å². The summed E-state index contributed by atoms with van der Waals surface area (Å²) in [6.45, 7) is 4.02. The van der Waals surface area contributed by atoms with Crippen LogP contribution in [0.5, 0.6) is 0 Å². The highest BCUT2D eigenvalue weighted by Crippen LogP contribution is 2.15. The van der Waals surface area contributed by atoms with Gasteiger partial charge in [-0.15, -0.1) is 0 Å². The van der Waals surface area contributed by atoms with Crippen molar-refractivity contribution >= 4 is 11.9 Å². The number of allylic oxidation sites excluding steroid dienone is 6. The number of hydrogen-bond acceptors (Lipinski definition) is 5. The van der Waals surface area contributed by atoms with Crippen molar-refractivity contribution in [2.24, 2.45) is 0 Å². The maximum atomic E-state index is 12.2. The number of esters is 2. The van der Waals surface area contributed by atoms with Crippen molar-refractivity contribution in [1.82, 2.24) is 0 Å². The summed E-state index contributed by atoms with van der Waals surface area (Å²) in [5, 5.41) is 9.56. The molecule has 280 valence electrons. The average Bonchev–Trinajstić information content (AvgIpc) is 3.09. The van der Waals surface area contributed by atoms with Gasteiger partial charge in [-0.05, 0) is 44.9 Å². The molecule has 1 N–H and O–H groups in total. The third kappa shape index (κ3) is 36.9. The third-order valence-electron chi connectivity index (χ3n) is 8.95. The molecule has 1 unspecified atom stereocenters. The number of ether oxygens (including phenoxy) is 2. The Labute approximate surface area is 297 Å². The van der Waals surface area contributed by atoms with Crippen LogP contribution < -0.4 is 0 Å². The normalized spacial score (nSPS) is 12.5. The van der Waals surface area contributed by atoms with Crippen LogP contribution in [0.4, 0.5) is 0 Å². The molecule has 0 aliphatic carbocycles. The first-order chi connectivity index (χ1) is 23.6. The highest BCUT2D eigenvalue weighted by Gasteiger charge is 2.16. The molecule has 0 radical (unpaired) electrons. The lowest BCUT2D eigenvalue weighted by Gasteiger charge is -2.15. The predicted octanol–water partition coefficient (Wildman–Crippen LogP) is 12.8. The molecule has 0 fully saturated rings. The molecule has 0 aromatic carbocycles. The summed E-state index contributed by atoms with van der Waals surface area (Å²) in [6.07, 6.45) is 47.8. The minimum Gasteiger partial charge on any atom is -0.462 e. The second kappa shape index (κ2) is 39.6. The molecule has 0 bridgehead atoms. The van der Waals surface area contributed by atoms with E-state index >= 15 is 0 Å². The van der Waals surface area contributed by atoms with Crippen LogP contribution in [0.2, 0.25) is 0 Å². The Hall–Kier alpha value is -1.88. The first kappa shape index (κ1) is 46.1. The van der Waals surface area contributed by atoms with E-state index in [-0.39, 0.29) is 25.2 Å². The van der Waals surface area contributed by atoms with Gasteiger partial charge in [0.2, 0.25) is 0 Å². The first-order valence-electron chi connectivity index (χ1n) is 20.5. The summed E-state index contributed by atoms with van der Waals surface area (Å²) in [6, 6.07) is 0. The van der Waals surface area contributed by atoms with Crippen LogP contribution in [0.3, 0.4) is 0 Å². The fraction of sp³-hybridized carbons (Fsp3) is 0.814. The summed E-state index contributed by atoms with van der Waals surface area (Å²) in [5.41, 5.74) is 0. The van der Waals surface area contributed by atoms with Crippen molar-refractivity contribution in [3.63, 3.8) is 0 Å². The first-order valence-corrected chi connectivity index (χ1v) is 20.5. The molecule has 0 saturated heterocycles. The summed E-state index contributed by atoms with van der Waals surface area (Å²) in [7, 11) is 0. The number of carbonyl (C=O) groups excluding carboxylic acids is 2. The van der Waals surface area contributed by atoms with Gasteiger partial charge in [0.1, 0.15) is 6.61 Å². The Kier molecular flexibility index (Phi) is 38.0. The molecular weight excluding hydrogens is 596 g/mol. The van der Waals surface area contributed by atoms with E-state index in [1.54, 1.807) is 0 Å². The number of aliphatic hydroxyl groups is 1. The van der Waals surface area contributed by atoms with Crippen molar-refractivity contribution in [3.8, 4) is 0 Å². The molecule has 0 aliphatic heterocycles. The maximum absolute atomic E-state index is 12.2. The van der Waals surface area contributed by atoms with E-state index in [9.17, 15) is 14.7 Å². The zero-order valence-electron chi connectivity index (χ0n) is 31.7. The molecule has 0 aliphatic rings. The van der Waals surface area contributed by atoms with Gasteiger partial charge < -0.3 is 14.6 Å². The Bertz CT molecular complexity index is 771. The lowest BCUT2D eigenvalue weighted by Crippen LogP contribution is -2.28. The molecule has 1 atom stereocenters. The monoisotopic (exact) mass is 675 g/mol. The second-order valence-corrected chi connectivity index (χ2v) is 13.7. The van der Waals surface area contributed by atoms with Crippen molar-refractivity contribution in [2.75, 3.05) is 13.2 Å². The van der Waals surface area contributed by atoms with Crippen LogP contribution in [0.1, 0.15) is 206 Å². The topological polar surface area (TPSA) is 72.8 Å². The van der Waals surface area contributed by atoms with E-state index < -0.39 is 6.10 Å². The van der Waals surface area contributed by atoms with E-state index in [4.69, 9.17) is 9.47 Å². The van der Waals surface area contributed by atoms with Gasteiger partial charge in [-0.2, -0.15) is 0 Å². The molecule has 48 heavy (non-hydrogen) atoms. The molecule has 0 spiro atoms. The lowest BCUT2D eigenvalue weighted by atomic mass is 10.0. The third-order valence-corrected chi connectivity index (χ3v) is 8.95. The number of hydrogen-bond donors (Lipinski definition) is 1. The van der Waals surface area contributed by atoms with E-state index in [0.29, 0.717) is 12.8 Å². The number of aliphatic hydroxyl groups excluding tert-OH is 1. The Morgan fingerprint density at radius 2 is 0.896 bits per heavy atom. The zero-order valence-corrected chi connectivity index (χ0v) is 31.7. The minimum absolute atomic E-state index is 0.0722. The molecule has 5 heteroatoms. The van der Waals surface area contributed by atoms with Crippen LogP contribution in [0.15, 0.2) is 36.5 Å². The van der Waals surface area contributed by atoms with Gasteiger partial charge in [-0.3, -0.25) is 9.59 Å². The van der Waals surface area contributed by atoms with Gasteiger partial charge in [0.25, 0.3) is 0 Å². The van der Waals surface area contributed by atoms with Gasteiger partial charge in [-0.25, -0.2) is 0 Å². The molecule has 0 amide bonds. The molecule has 0 saturated carbocycles. The maximum Gasteiger partial charge on any atom is 0.306 e. The minimum atomic E-state index is -0.775. The zero-order chi connectivity index (χ0) is 35.0. The molecule has 0 heterocycles. The molecular formula is C43H78O5. The summed E-state index contributed by atoms with van der Waals surface area (Å²) in [5.74, 6) is -0.604. The highest BCUT2D eigenvalue weighted by molar-refractivity contribution is 5.70. The van der Waals surface area contributed by atoms with E-state index in [2.05, 4.69) is 50.3 Å². The fourth-order valence-electron chi connectivity index (χ4n) is 5.86. The molecule has 0 rings (SSSR count). The smallest absolute Gasteiger partial charge is 0.306 e. The molecule has 0 aromatic heterocycles. The second-order valence-electron chi connectivity index (χ2n) is 13.7. The van der Waals surface area contributed by atoms with Gasteiger partial charge in [0.15, 0.2) is 6.10 Å². The summed E-state index contributed by atoms with van der Waals surface area (Å²) >= 11 is 0. The van der Waals surface area contributed by atoms with Gasteiger partial charge in [-0.1, -0.05) is 185 Å². The van der Waals surface area contributed by atoms with Crippen LogP contribution in [-0.4, -0.2) is 36.4 Å². The highest BCUT2D eigenvalue weighted by atomic mass is 16.6. The standard InChI is InChI=1S/C43H78O5/c1-3-5-7-9-11-13-15-17-19-20-21-22-24-26-28-30-32-34-36-38-43(46)48-41(39-44)40-47-42(45)37-35-33-31-29-27-25-23-18-16-14-12-10-8-6-4-2/h6,8,12,14,18,23,41,44H,3-5,7,9-11,13,15-17,19-22,24-40H2,1-2H3. The number of carbonyl (C=O) groups is 2. The Balaban J connectivity index is 3.53. The fourth-order valence-corrected chi connectivity index (χ4v) is 5.86. The van der Waals surface area contributed by atoms with Gasteiger partial charge in [0, 0.05) is 12.8 Å². The van der Waals surface area contributed by atoms with Crippen LogP contribution >= 0.6 is 0 Å². The van der Waals surface area contributed by atoms with Gasteiger partial charge in [0.05, 0.1) is 6.61 Å². The molecule has 5 nitrogen and oxygen atoms in total. The Morgan fingerprint density at radius 3 is 1.35 bits per heavy atom. The van der Waals surface area contributed by atoms with Crippen LogP contribution in [-0.2, 0) is 19.1 Å². The van der Waals surface area contributed by atoms with Crippen LogP contribution in [0, 0.1) is 0 Å². The van der Waals surface area contributed by atoms with Crippen molar-refractivity contribution in [1.29, 1.82) is 0 Å². The lowest BCUT2D eigenvalue weighted by molar-refractivity contribution is -0.161. The largest absolute Gasteiger partial charge is 0.462 e. The molecule has 0 aromatic rings. The van der Waals surface area contributed by atoms with Crippen molar-refractivity contribution < 1.29 is 24.2 Å². The predicted molar refractivity (Wildman–Crippen MR) is 205 cm³/mol. The Morgan fingerprint density at radius 1 is 0.500 bits per heavy atom. The van der Waals surface area contributed by atoms with Crippen molar-refractivity contribution in [2.45, 2.75) is 213 Å². The van der Waals surface area contributed by atoms with Gasteiger partial charge >= 0.3 is 11.9 Å². The quantitative estimate of drug-likeness (QED) is 0.0403.